The second-order valence-corrected chi connectivity index (χ2v) is 5.69. The molecule has 1 aliphatic rings. The van der Waals surface area contributed by atoms with E-state index in [1.165, 1.54) is 36.8 Å². The third-order valence-corrected chi connectivity index (χ3v) is 4.22. The summed E-state index contributed by atoms with van der Waals surface area (Å²) < 4.78 is 0. The molecule has 1 aromatic rings. The SMILES string of the molecule is Cc1cccc([C@H](C)NC2CCCCC2CN)c1. The first kappa shape index (κ1) is 13.6. The number of nitrogens with two attached hydrogens (primary N) is 1. The average Bonchev–Trinajstić information content (AvgIpc) is 2.39. The standard InChI is InChI=1S/C16H26N2/c1-12-6-5-8-14(10-12)13(2)18-16-9-4-3-7-15(16)11-17/h5-6,8,10,13,15-16,18H,3-4,7,9,11,17H2,1-2H3/t13-,15?,16?/m0/s1. The Labute approximate surface area is 111 Å². The number of rotatable bonds is 4. The number of hydrogen-bond acceptors (Lipinski definition) is 2. The van der Waals surface area contributed by atoms with Crippen molar-refractivity contribution in [2.75, 3.05) is 6.54 Å². The Kier molecular flexibility index (Phi) is 4.79. The summed E-state index contributed by atoms with van der Waals surface area (Å²) >= 11 is 0. The highest BCUT2D eigenvalue weighted by Gasteiger charge is 2.25. The summed E-state index contributed by atoms with van der Waals surface area (Å²) in [5.41, 5.74) is 8.61. The Morgan fingerprint density at radius 2 is 2.11 bits per heavy atom. The predicted octanol–water partition coefficient (Wildman–Crippen LogP) is 3.16. The highest BCUT2D eigenvalue weighted by molar-refractivity contribution is 5.24. The zero-order chi connectivity index (χ0) is 13.0. The molecule has 0 aromatic heterocycles. The first-order chi connectivity index (χ1) is 8.70. The maximum atomic E-state index is 5.89. The minimum atomic E-state index is 0.419. The number of aryl methyl sites for hydroxylation is 1. The van der Waals surface area contributed by atoms with Crippen LogP contribution in [0.25, 0.3) is 0 Å². The van der Waals surface area contributed by atoms with Crippen LogP contribution in [0.1, 0.15) is 49.8 Å². The Balaban J connectivity index is 1.99. The molecule has 0 spiro atoms. The molecule has 1 fully saturated rings. The summed E-state index contributed by atoms with van der Waals surface area (Å²) in [5.74, 6) is 0.658. The molecule has 0 amide bonds. The maximum absolute atomic E-state index is 5.89. The number of hydrogen-bond donors (Lipinski definition) is 2. The van der Waals surface area contributed by atoms with Crippen molar-refractivity contribution in [2.45, 2.75) is 51.6 Å². The van der Waals surface area contributed by atoms with Crippen LogP contribution in [0.2, 0.25) is 0 Å². The summed E-state index contributed by atoms with van der Waals surface area (Å²) in [6.07, 6.45) is 5.25. The van der Waals surface area contributed by atoms with Crippen LogP contribution in [0, 0.1) is 12.8 Å². The van der Waals surface area contributed by atoms with Crippen LogP contribution in [-0.4, -0.2) is 12.6 Å². The molecule has 3 atom stereocenters. The summed E-state index contributed by atoms with van der Waals surface area (Å²) in [5, 5.41) is 3.78. The molecule has 1 aliphatic carbocycles. The lowest BCUT2D eigenvalue weighted by Gasteiger charge is -2.34. The quantitative estimate of drug-likeness (QED) is 0.856. The van der Waals surface area contributed by atoms with E-state index in [0.717, 1.165) is 6.54 Å². The molecule has 0 bridgehead atoms. The summed E-state index contributed by atoms with van der Waals surface area (Å²) in [6, 6.07) is 9.80. The van der Waals surface area contributed by atoms with E-state index < -0.39 is 0 Å². The van der Waals surface area contributed by atoms with E-state index in [4.69, 9.17) is 5.73 Å². The topological polar surface area (TPSA) is 38.0 Å². The lowest BCUT2D eigenvalue weighted by Crippen LogP contribution is -2.42. The molecular formula is C16H26N2. The Morgan fingerprint density at radius 1 is 1.33 bits per heavy atom. The Morgan fingerprint density at radius 3 is 2.83 bits per heavy atom. The molecule has 0 heterocycles. The van der Waals surface area contributed by atoms with Crippen molar-refractivity contribution in [2.24, 2.45) is 11.7 Å². The van der Waals surface area contributed by atoms with Crippen molar-refractivity contribution in [3.8, 4) is 0 Å². The Hall–Kier alpha value is -0.860. The number of nitrogens with one attached hydrogen (secondary N) is 1. The molecule has 2 unspecified atom stereocenters. The van der Waals surface area contributed by atoms with Crippen molar-refractivity contribution in [1.29, 1.82) is 0 Å². The fourth-order valence-electron chi connectivity index (χ4n) is 3.07. The lowest BCUT2D eigenvalue weighted by molar-refractivity contribution is 0.252. The second-order valence-electron chi connectivity index (χ2n) is 5.69. The van der Waals surface area contributed by atoms with Gasteiger partial charge in [0.05, 0.1) is 0 Å². The highest BCUT2D eigenvalue weighted by Crippen LogP contribution is 2.26. The van der Waals surface area contributed by atoms with Gasteiger partial charge in [-0.25, -0.2) is 0 Å². The third-order valence-electron chi connectivity index (χ3n) is 4.22. The van der Waals surface area contributed by atoms with E-state index in [1.807, 2.05) is 0 Å². The van der Waals surface area contributed by atoms with Gasteiger partial charge in [0.2, 0.25) is 0 Å². The molecule has 0 saturated heterocycles. The fourth-order valence-corrected chi connectivity index (χ4v) is 3.07. The normalized spacial score (nSPS) is 25.9. The van der Waals surface area contributed by atoms with Gasteiger partial charge in [-0.2, -0.15) is 0 Å². The van der Waals surface area contributed by atoms with Gasteiger partial charge in [-0.05, 0) is 44.7 Å². The largest absolute Gasteiger partial charge is 0.330 e. The molecule has 2 heteroatoms. The first-order valence-corrected chi connectivity index (χ1v) is 7.23. The van der Waals surface area contributed by atoms with Crippen LogP contribution in [0.3, 0.4) is 0 Å². The molecule has 18 heavy (non-hydrogen) atoms. The molecule has 3 N–H and O–H groups in total. The molecule has 1 aromatic carbocycles. The van der Waals surface area contributed by atoms with Crippen LogP contribution in [0.5, 0.6) is 0 Å². The summed E-state index contributed by atoms with van der Waals surface area (Å²) in [7, 11) is 0. The van der Waals surface area contributed by atoms with Gasteiger partial charge in [0.1, 0.15) is 0 Å². The van der Waals surface area contributed by atoms with Crippen LogP contribution in [0.4, 0.5) is 0 Å². The van der Waals surface area contributed by atoms with E-state index in [1.54, 1.807) is 0 Å². The van der Waals surface area contributed by atoms with Gasteiger partial charge in [0.15, 0.2) is 0 Å². The smallest absolute Gasteiger partial charge is 0.0294 e. The van der Waals surface area contributed by atoms with Crippen LogP contribution < -0.4 is 11.1 Å². The van der Waals surface area contributed by atoms with Gasteiger partial charge >= 0.3 is 0 Å². The van der Waals surface area contributed by atoms with E-state index in [9.17, 15) is 0 Å². The van der Waals surface area contributed by atoms with Gasteiger partial charge in [0, 0.05) is 12.1 Å². The van der Waals surface area contributed by atoms with E-state index in [2.05, 4.69) is 43.4 Å². The van der Waals surface area contributed by atoms with Crippen molar-refractivity contribution in [1.82, 2.24) is 5.32 Å². The van der Waals surface area contributed by atoms with Gasteiger partial charge in [0.25, 0.3) is 0 Å². The van der Waals surface area contributed by atoms with Gasteiger partial charge in [-0.3, -0.25) is 0 Å². The van der Waals surface area contributed by atoms with Gasteiger partial charge in [-0.1, -0.05) is 42.7 Å². The van der Waals surface area contributed by atoms with Crippen molar-refractivity contribution >= 4 is 0 Å². The minimum absolute atomic E-state index is 0.419. The monoisotopic (exact) mass is 246 g/mol. The second kappa shape index (κ2) is 6.35. The van der Waals surface area contributed by atoms with Crippen molar-refractivity contribution in [3.63, 3.8) is 0 Å². The van der Waals surface area contributed by atoms with Gasteiger partial charge < -0.3 is 11.1 Å². The third kappa shape index (κ3) is 3.33. The molecule has 2 nitrogen and oxygen atoms in total. The van der Waals surface area contributed by atoms with E-state index in [-0.39, 0.29) is 0 Å². The zero-order valence-electron chi connectivity index (χ0n) is 11.7. The molecule has 0 aliphatic heterocycles. The van der Waals surface area contributed by atoms with E-state index in [0.29, 0.717) is 18.0 Å². The van der Waals surface area contributed by atoms with Crippen LogP contribution in [-0.2, 0) is 0 Å². The first-order valence-electron chi connectivity index (χ1n) is 7.23. The molecule has 1 saturated carbocycles. The Bertz CT molecular complexity index is 375. The maximum Gasteiger partial charge on any atom is 0.0294 e. The van der Waals surface area contributed by atoms with Crippen LogP contribution >= 0.6 is 0 Å². The van der Waals surface area contributed by atoms with Gasteiger partial charge in [-0.15, -0.1) is 0 Å². The number of benzene rings is 1. The zero-order valence-corrected chi connectivity index (χ0v) is 11.7. The predicted molar refractivity (Wildman–Crippen MR) is 77.5 cm³/mol. The van der Waals surface area contributed by atoms with E-state index >= 15 is 0 Å². The fraction of sp³-hybridized carbons (Fsp3) is 0.625. The summed E-state index contributed by atoms with van der Waals surface area (Å²) in [6.45, 7) is 5.23. The van der Waals surface area contributed by atoms with Crippen LogP contribution in [0.15, 0.2) is 24.3 Å². The average molecular weight is 246 g/mol. The molecular weight excluding hydrogens is 220 g/mol. The van der Waals surface area contributed by atoms with Crippen molar-refractivity contribution in [3.05, 3.63) is 35.4 Å². The summed E-state index contributed by atoms with van der Waals surface area (Å²) in [4.78, 5) is 0. The minimum Gasteiger partial charge on any atom is -0.330 e. The molecule has 2 rings (SSSR count). The lowest BCUT2D eigenvalue weighted by atomic mass is 9.84. The van der Waals surface area contributed by atoms with Crippen molar-refractivity contribution < 1.29 is 0 Å². The highest BCUT2D eigenvalue weighted by atomic mass is 15.0. The molecule has 0 radical (unpaired) electrons. The molecule has 100 valence electrons.